The molecule has 148 valence electrons. The lowest BCUT2D eigenvalue weighted by Gasteiger charge is -2.13. The molecule has 0 bridgehead atoms. The van der Waals surface area contributed by atoms with Gasteiger partial charge in [0.05, 0.1) is 6.61 Å². The number of likely N-dealkylation sites (N-methyl/N-ethyl adjacent to an activating group) is 1. The van der Waals surface area contributed by atoms with Crippen LogP contribution in [0.1, 0.15) is 29.4 Å². The number of carbonyl (C=O) groups is 4. The molecular formula is C19H21N3O5S. The molecule has 2 aromatic rings. The van der Waals surface area contributed by atoms with Crippen LogP contribution in [-0.4, -0.2) is 60.4 Å². The van der Waals surface area contributed by atoms with Crippen molar-refractivity contribution >= 4 is 50.9 Å². The van der Waals surface area contributed by atoms with Crippen molar-refractivity contribution in [3.8, 4) is 0 Å². The van der Waals surface area contributed by atoms with Crippen molar-refractivity contribution in [3.63, 3.8) is 0 Å². The van der Waals surface area contributed by atoms with Crippen LogP contribution in [-0.2, 0) is 14.3 Å². The van der Waals surface area contributed by atoms with Gasteiger partial charge in [0.15, 0.2) is 0 Å². The zero-order valence-electron chi connectivity index (χ0n) is 15.7. The number of rotatable bonds is 7. The first-order valence-corrected chi connectivity index (χ1v) is 9.76. The molecule has 0 saturated carbocycles. The summed E-state index contributed by atoms with van der Waals surface area (Å²) in [5.74, 6) is -0.799. The maximum Gasteiger partial charge on any atom is 0.348 e. The molecular weight excluding hydrogens is 382 g/mol. The lowest BCUT2D eigenvalue weighted by Crippen LogP contribution is -2.32. The van der Waals surface area contributed by atoms with Crippen LogP contribution < -0.4 is 5.32 Å². The number of ether oxygens (including phenoxy) is 1. The summed E-state index contributed by atoms with van der Waals surface area (Å²) in [5, 5.41) is 3.65. The number of anilines is 1. The highest BCUT2D eigenvalue weighted by molar-refractivity contribution is 7.20. The summed E-state index contributed by atoms with van der Waals surface area (Å²) in [7, 11) is 1.57. The number of amides is 4. The van der Waals surface area contributed by atoms with Crippen molar-refractivity contribution in [3.05, 3.63) is 29.1 Å². The van der Waals surface area contributed by atoms with Crippen molar-refractivity contribution < 1.29 is 23.9 Å². The fraction of sp³-hybridized carbons (Fsp3) is 0.368. The summed E-state index contributed by atoms with van der Waals surface area (Å²) in [5.41, 5.74) is 0.624. The van der Waals surface area contributed by atoms with Crippen LogP contribution in [0.3, 0.4) is 0 Å². The van der Waals surface area contributed by atoms with Gasteiger partial charge in [-0.3, -0.25) is 14.5 Å². The third-order valence-corrected chi connectivity index (χ3v) is 5.39. The largest absolute Gasteiger partial charge is 0.462 e. The molecule has 1 N–H and O–H groups in total. The summed E-state index contributed by atoms with van der Waals surface area (Å²) in [6.45, 7) is 2.38. The Hall–Kier alpha value is -2.94. The molecule has 1 fully saturated rings. The molecule has 1 aromatic carbocycles. The van der Waals surface area contributed by atoms with Crippen LogP contribution in [0, 0.1) is 0 Å². The average molecular weight is 403 g/mol. The van der Waals surface area contributed by atoms with Gasteiger partial charge in [-0.25, -0.2) is 9.59 Å². The van der Waals surface area contributed by atoms with Crippen molar-refractivity contribution in [1.29, 1.82) is 0 Å². The number of esters is 1. The van der Waals surface area contributed by atoms with Crippen molar-refractivity contribution in [2.45, 2.75) is 19.8 Å². The molecule has 1 aromatic heterocycles. The minimum Gasteiger partial charge on any atom is -0.462 e. The van der Waals surface area contributed by atoms with E-state index in [0.29, 0.717) is 23.6 Å². The van der Waals surface area contributed by atoms with E-state index in [0.717, 1.165) is 10.1 Å². The maximum absolute atomic E-state index is 12.2. The van der Waals surface area contributed by atoms with Gasteiger partial charge in [-0.05, 0) is 43.0 Å². The Morgan fingerprint density at radius 1 is 1.25 bits per heavy atom. The number of nitrogens with zero attached hydrogens (tertiary/aromatic N) is 2. The van der Waals surface area contributed by atoms with Gasteiger partial charge in [0.1, 0.15) is 11.4 Å². The predicted molar refractivity (Wildman–Crippen MR) is 105 cm³/mol. The van der Waals surface area contributed by atoms with Crippen molar-refractivity contribution in [2.75, 3.05) is 32.1 Å². The summed E-state index contributed by atoms with van der Waals surface area (Å²) in [4.78, 5) is 50.5. The van der Waals surface area contributed by atoms with Gasteiger partial charge in [-0.15, -0.1) is 11.3 Å². The van der Waals surface area contributed by atoms with Gasteiger partial charge in [0.2, 0.25) is 11.8 Å². The number of thiophene rings is 1. The molecule has 3 rings (SSSR count). The van der Waals surface area contributed by atoms with Gasteiger partial charge >= 0.3 is 12.0 Å². The fourth-order valence-corrected chi connectivity index (χ4v) is 3.87. The first-order chi connectivity index (χ1) is 13.4. The highest BCUT2D eigenvalue weighted by Gasteiger charge is 2.32. The topological polar surface area (TPSA) is 96.0 Å². The van der Waals surface area contributed by atoms with E-state index in [1.54, 1.807) is 32.2 Å². The molecule has 9 heteroatoms. The minimum atomic E-state index is -0.356. The second-order valence-electron chi connectivity index (χ2n) is 6.42. The Morgan fingerprint density at radius 2 is 2.04 bits per heavy atom. The monoisotopic (exact) mass is 403 g/mol. The molecule has 1 aliphatic heterocycles. The molecule has 1 aliphatic rings. The van der Waals surface area contributed by atoms with Crippen LogP contribution in [0.15, 0.2) is 24.3 Å². The van der Waals surface area contributed by atoms with Crippen LogP contribution >= 0.6 is 11.3 Å². The highest BCUT2D eigenvalue weighted by atomic mass is 32.1. The fourth-order valence-electron chi connectivity index (χ4n) is 2.93. The Labute approximate surface area is 166 Å². The van der Waals surface area contributed by atoms with E-state index >= 15 is 0 Å². The van der Waals surface area contributed by atoms with Gasteiger partial charge in [0, 0.05) is 30.4 Å². The van der Waals surface area contributed by atoms with Crippen LogP contribution in [0.25, 0.3) is 10.1 Å². The maximum atomic E-state index is 12.2. The lowest BCUT2D eigenvalue weighted by atomic mass is 10.2. The number of hydrogen-bond acceptors (Lipinski definition) is 6. The van der Waals surface area contributed by atoms with Gasteiger partial charge in [-0.1, -0.05) is 0 Å². The van der Waals surface area contributed by atoms with E-state index in [1.165, 1.54) is 21.1 Å². The molecule has 0 spiro atoms. The van der Waals surface area contributed by atoms with E-state index in [1.807, 2.05) is 6.07 Å². The molecule has 0 unspecified atom stereocenters. The Bertz CT molecular complexity index is 939. The average Bonchev–Trinajstić information content (AvgIpc) is 3.17. The summed E-state index contributed by atoms with van der Waals surface area (Å²) >= 11 is 1.34. The van der Waals surface area contributed by atoms with Crippen LogP contribution in [0.2, 0.25) is 0 Å². The first kappa shape index (κ1) is 19.8. The van der Waals surface area contributed by atoms with Crippen LogP contribution in [0.4, 0.5) is 10.5 Å². The van der Waals surface area contributed by atoms with Gasteiger partial charge in [-0.2, -0.15) is 0 Å². The zero-order chi connectivity index (χ0) is 20.3. The minimum absolute atomic E-state index is 0.0828. The Balaban J connectivity index is 1.55. The molecule has 0 aliphatic carbocycles. The Morgan fingerprint density at radius 3 is 2.71 bits per heavy atom. The number of benzene rings is 1. The molecule has 4 amide bonds. The summed E-state index contributed by atoms with van der Waals surface area (Å²) < 4.78 is 5.93. The number of urea groups is 1. The summed E-state index contributed by atoms with van der Waals surface area (Å²) in [6.07, 6.45) is 0.585. The number of fused-ring (bicyclic) bond motifs is 1. The standard InChI is InChI=1S/C19H21N3O5S/c1-3-27-18(25)15-10-12-9-13(6-7-14(12)28-15)20-16(23)5-4-8-22-17(24)11-21(2)19(22)26/h6-7,9-10H,3-5,8,11H2,1-2H3,(H,20,23). The van der Waals surface area contributed by atoms with Crippen LogP contribution in [0.5, 0.6) is 0 Å². The molecule has 0 atom stereocenters. The third kappa shape index (κ3) is 4.30. The molecule has 1 saturated heterocycles. The predicted octanol–water partition coefficient (Wildman–Crippen LogP) is 2.69. The van der Waals surface area contributed by atoms with E-state index < -0.39 is 0 Å². The van der Waals surface area contributed by atoms with Gasteiger partial charge in [0.25, 0.3) is 0 Å². The number of nitrogens with one attached hydrogen (secondary N) is 1. The molecule has 2 heterocycles. The summed E-state index contributed by atoms with van der Waals surface area (Å²) in [6, 6.07) is 6.83. The molecule has 8 nitrogen and oxygen atoms in total. The second kappa shape index (κ2) is 8.39. The zero-order valence-corrected chi connectivity index (χ0v) is 16.5. The van der Waals surface area contributed by atoms with E-state index in [4.69, 9.17) is 4.74 Å². The number of imide groups is 1. The van der Waals surface area contributed by atoms with E-state index in [-0.39, 0.29) is 43.3 Å². The van der Waals surface area contributed by atoms with E-state index in [2.05, 4.69) is 5.32 Å². The van der Waals surface area contributed by atoms with Gasteiger partial charge < -0.3 is 15.0 Å². The quantitative estimate of drug-likeness (QED) is 0.566. The molecule has 0 radical (unpaired) electrons. The number of hydrogen-bond donors (Lipinski definition) is 1. The smallest absolute Gasteiger partial charge is 0.348 e. The second-order valence-corrected chi connectivity index (χ2v) is 7.50. The first-order valence-electron chi connectivity index (χ1n) is 8.95. The van der Waals surface area contributed by atoms with E-state index in [9.17, 15) is 19.2 Å². The number of carbonyl (C=O) groups excluding carboxylic acids is 4. The normalized spacial score (nSPS) is 14.1. The SMILES string of the molecule is CCOC(=O)c1cc2cc(NC(=O)CCCN3C(=O)CN(C)C3=O)ccc2s1. The van der Waals surface area contributed by atoms with Crippen molar-refractivity contribution in [2.24, 2.45) is 0 Å². The Kier molecular flexibility index (Phi) is 5.93. The lowest BCUT2D eigenvalue weighted by molar-refractivity contribution is -0.125. The van der Waals surface area contributed by atoms with Crippen molar-refractivity contribution in [1.82, 2.24) is 9.80 Å². The molecule has 28 heavy (non-hydrogen) atoms. The third-order valence-electron chi connectivity index (χ3n) is 4.29. The highest BCUT2D eigenvalue weighted by Crippen LogP contribution is 2.28.